The number of nitrogens with zero attached hydrogens (tertiary/aromatic N) is 1. The summed E-state index contributed by atoms with van der Waals surface area (Å²) in [5.74, 6) is 0.874. The van der Waals surface area contributed by atoms with Crippen LogP contribution in [0.25, 0.3) is 0 Å². The van der Waals surface area contributed by atoms with Crippen LogP contribution in [-0.2, 0) is 6.54 Å². The van der Waals surface area contributed by atoms with Crippen molar-refractivity contribution in [3.05, 3.63) is 47.7 Å². The lowest BCUT2D eigenvalue weighted by molar-refractivity contribution is 0.0940. The fourth-order valence-corrected chi connectivity index (χ4v) is 1.40. The van der Waals surface area contributed by atoms with Gasteiger partial charge in [-0.05, 0) is 31.2 Å². The van der Waals surface area contributed by atoms with Gasteiger partial charge in [-0.3, -0.25) is 4.79 Å². The molecule has 2 heterocycles. The van der Waals surface area contributed by atoms with Crippen LogP contribution in [0.2, 0.25) is 0 Å². The number of aromatic hydroxyl groups is 1. The molecule has 0 unspecified atom stereocenters. The molecule has 0 aliphatic heterocycles. The Balaban J connectivity index is 2.01. The number of aromatic nitrogens is 1. The molecule has 2 N–H and O–H groups in total. The van der Waals surface area contributed by atoms with Gasteiger partial charge in [0.2, 0.25) is 0 Å². The van der Waals surface area contributed by atoms with E-state index >= 15 is 0 Å². The highest BCUT2D eigenvalue weighted by Crippen LogP contribution is 2.12. The minimum atomic E-state index is -0.433. The predicted molar refractivity (Wildman–Crippen MR) is 60.5 cm³/mol. The summed E-state index contributed by atoms with van der Waals surface area (Å²) in [4.78, 5) is 15.5. The lowest BCUT2D eigenvalue weighted by Crippen LogP contribution is -2.23. The number of carbonyl (C=O) groups excluding carboxylic acids is 1. The third-order valence-corrected chi connectivity index (χ3v) is 2.22. The molecule has 0 radical (unpaired) electrons. The van der Waals surface area contributed by atoms with Gasteiger partial charge in [0.15, 0.2) is 5.69 Å². The molecule has 0 spiro atoms. The Kier molecular flexibility index (Phi) is 3.09. The lowest BCUT2D eigenvalue weighted by atomic mass is 10.3. The Labute approximate surface area is 98.1 Å². The Morgan fingerprint density at radius 3 is 2.94 bits per heavy atom. The quantitative estimate of drug-likeness (QED) is 0.843. The van der Waals surface area contributed by atoms with Gasteiger partial charge >= 0.3 is 0 Å². The number of pyridine rings is 1. The maximum absolute atomic E-state index is 11.7. The normalized spacial score (nSPS) is 10.2. The van der Waals surface area contributed by atoms with E-state index in [0.29, 0.717) is 5.76 Å². The Morgan fingerprint density at radius 1 is 1.47 bits per heavy atom. The first kappa shape index (κ1) is 11.2. The molecule has 0 saturated carbocycles. The van der Waals surface area contributed by atoms with Crippen LogP contribution in [0.1, 0.15) is 22.0 Å². The first-order valence-electron chi connectivity index (χ1n) is 5.14. The topological polar surface area (TPSA) is 75.4 Å². The zero-order valence-corrected chi connectivity index (χ0v) is 9.30. The molecule has 0 aromatic carbocycles. The molecule has 0 aliphatic carbocycles. The zero-order chi connectivity index (χ0) is 12.3. The van der Waals surface area contributed by atoms with Crippen molar-refractivity contribution in [2.45, 2.75) is 13.5 Å². The van der Waals surface area contributed by atoms with Crippen LogP contribution in [0.15, 0.2) is 34.9 Å². The van der Waals surface area contributed by atoms with Gasteiger partial charge < -0.3 is 14.8 Å². The van der Waals surface area contributed by atoms with Crippen molar-refractivity contribution in [1.29, 1.82) is 0 Å². The van der Waals surface area contributed by atoms with Crippen molar-refractivity contribution < 1.29 is 14.3 Å². The smallest absolute Gasteiger partial charge is 0.274 e. The fourth-order valence-electron chi connectivity index (χ4n) is 1.40. The van der Waals surface area contributed by atoms with E-state index in [4.69, 9.17) is 4.42 Å². The molecule has 0 aliphatic rings. The Bertz CT molecular complexity index is 534. The van der Waals surface area contributed by atoms with Crippen molar-refractivity contribution in [1.82, 2.24) is 10.3 Å². The molecular weight excluding hydrogens is 220 g/mol. The van der Waals surface area contributed by atoms with Gasteiger partial charge in [-0.15, -0.1) is 0 Å². The SMILES string of the molecule is Cc1ccc(CNC(=O)c2ncccc2O)o1. The van der Waals surface area contributed by atoms with Gasteiger partial charge in [-0.2, -0.15) is 0 Å². The summed E-state index contributed by atoms with van der Waals surface area (Å²) >= 11 is 0. The molecule has 0 bridgehead atoms. The first-order chi connectivity index (χ1) is 8.16. The average Bonchev–Trinajstić information content (AvgIpc) is 2.73. The van der Waals surface area contributed by atoms with Crippen molar-refractivity contribution in [3.8, 4) is 5.75 Å². The highest BCUT2D eigenvalue weighted by molar-refractivity contribution is 5.94. The minimum absolute atomic E-state index is 0.00998. The second-order valence-corrected chi connectivity index (χ2v) is 3.57. The molecule has 0 fully saturated rings. The summed E-state index contributed by atoms with van der Waals surface area (Å²) < 4.78 is 5.30. The van der Waals surface area contributed by atoms with Crippen molar-refractivity contribution in [2.75, 3.05) is 0 Å². The van der Waals surface area contributed by atoms with Crippen LogP contribution < -0.4 is 5.32 Å². The molecule has 0 atom stereocenters. The fraction of sp³-hybridized carbons (Fsp3) is 0.167. The van der Waals surface area contributed by atoms with E-state index in [1.807, 2.05) is 13.0 Å². The molecule has 0 saturated heterocycles. The average molecular weight is 232 g/mol. The summed E-state index contributed by atoms with van der Waals surface area (Å²) in [6.07, 6.45) is 1.45. The number of amides is 1. The minimum Gasteiger partial charge on any atom is -0.505 e. The molecule has 5 heteroatoms. The van der Waals surface area contributed by atoms with E-state index in [1.165, 1.54) is 12.3 Å². The standard InChI is InChI=1S/C12H12N2O3/c1-8-4-5-9(17-8)7-14-12(16)11-10(15)3-2-6-13-11/h2-6,15H,7H2,1H3,(H,14,16). The maximum Gasteiger partial charge on any atom is 0.274 e. The maximum atomic E-state index is 11.7. The van der Waals surface area contributed by atoms with E-state index in [2.05, 4.69) is 10.3 Å². The first-order valence-corrected chi connectivity index (χ1v) is 5.14. The van der Waals surface area contributed by atoms with Gasteiger partial charge in [0.25, 0.3) is 5.91 Å². The van der Waals surface area contributed by atoms with Crippen LogP contribution in [0.4, 0.5) is 0 Å². The monoisotopic (exact) mass is 232 g/mol. The summed E-state index contributed by atoms with van der Waals surface area (Å²) in [6.45, 7) is 2.10. The summed E-state index contributed by atoms with van der Waals surface area (Å²) in [5, 5.41) is 12.0. The van der Waals surface area contributed by atoms with E-state index < -0.39 is 5.91 Å². The van der Waals surface area contributed by atoms with Gasteiger partial charge in [-0.25, -0.2) is 4.98 Å². The zero-order valence-electron chi connectivity index (χ0n) is 9.30. The molecule has 2 rings (SSSR count). The number of hydrogen-bond acceptors (Lipinski definition) is 4. The summed E-state index contributed by atoms with van der Waals surface area (Å²) in [6, 6.07) is 6.58. The van der Waals surface area contributed by atoms with Crippen molar-refractivity contribution >= 4 is 5.91 Å². The highest BCUT2D eigenvalue weighted by atomic mass is 16.3. The van der Waals surface area contributed by atoms with Crippen LogP contribution in [-0.4, -0.2) is 16.0 Å². The lowest BCUT2D eigenvalue weighted by Gasteiger charge is -2.03. The van der Waals surface area contributed by atoms with Crippen LogP contribution in [0.5, 0.6) is 5.75 Å². The molecule has 5 nitrogen and oxygen atoms in total. The number of carbonyl (C=O) groups is 1. The number of aryl methyl sites for hydroxylation is 1. The molecule has 2 aromatic heterocycles. The Hall–Kier alpha value is -2.30. The van der Waals surface area contributed by atoms with Crippen LogP contribution in [0.3, 0.4) is 0 Å². The van der Waals surface area contributed by atoms with E-state index in [1.54, 1.807) is 12.1 Å². The molecule has 1 amide bonds. The summed E-state index contributed by atoms with van der Waals surface area (Å²) in [7, 11) is 0. The van der Waals surface area contributed by atoms with Crippen molar-refractivity contribution in [3.63, 3.8) is 0 Å². The molecular formula is C12H12N2O3. The number of rotatable bonds is 3. The van der Waals surface area contributed by atoms with Gasteiger partial charge in [0, 0.05) is 6.20 Å². The largest absolute Gasteiger partial charge is 0.505 e. The van der Waals surface area contributed by atoms with Crippen molar-refractivity contribution in [2.24, 2.45) is 0 Å². The molecule has 2 aromatic rings. The molecule has 88 valence electrons. The Morgan fingerprint density at radius 2 is 2.29 bits per heavy atom. The van der Waals surface area contributed by atoms with Gasteiger partial charge in [0.1, 0.15) is 17.3 Å². The third kappa shape index (κ3) is 2.63. The van der Waals surface area contributed by atoms with Gasteiger partial charge in [0.05, 0.1) is 6.54 Å². The molecule has 17 heavy (non-hydrogen) atoms. The summed E-state index contributed by atoms with van der Waals surface area (Å²) in [5.41, 5.74) is 0.00998. The number of hydrogen-bond donors (Lipinski definition) is 2. The highest BCUT2D eigenvalue weighted by Gasteiger charge is 2.12. The van der Waals surface area contributed by atoms with E-state index in [9.17, 15) is 9.90 Å². The second kappa shape index (κ2) is 4.69. The van der Waals surface area contributed by atoms with E-state index in [0.717, 1.165) is 5.76 Å². The van der Waals surface area contributed by atoms with E-state index in [-0.39, 0.29) is 18.0 Å². The predicted octanol–water partition coefficient (Wildman–Crippen LogP) is 1.62. The third-order valence-electron chi connectivity index (χ3n) is 2.22. The van der Waals surface area contributed by atoms with Gasteiger partial charge in [-0.1, -0.05) is 0 Å². The number of furan rings is 1. The van der Waals surface area contributed by atoms with Crippen LogP contribution >= 0.6 is 0 Å². The van der Waals surface area contributed by atoms with Crippen LogP contribution in [0, 0.1) is 6.92 Å². The number of nitrogens with one attached hydrogen (secondary N) is 1. The second-order valence-electron chi connectivity index (χ2n) is 3.57.